The lowest BCUT2D eigenvalue weighted by molar-refractivity contribution is 0.0949. The second-order valence-electron chi connectivity index (χ2n) is 6.26. The van der Waals surface area contributed by atoms with Crippen molar-refractivity contribution in [1.82, 2.24) is 15.0 Å². The van der Waals surface area contributed by atoms with Crippen molar-refractivity contribution in [3.05, 3.63) is 51.3 Å². The molecule has 0 bridgehead atoms. The molecule has 8 nitrogen and oxygen atoms in total. The number of ether oxygens (including phenoxy) is 2. The molecule has 0 atom stereocenters. The van der Waals surface area contributed by atoms with Gasteiger partial charge >= 0.3 is 0 Å². The minimum absolute atomic E-state index is 0.00624. The van der Waals surface area contributed by atoms with E-state index in [0.29, 0.717) is 10.2 Å². The molecular formula is C19H24BrN3O5S. The van der Waals surface area contributed by atoms with E-state index in [2.05, 4.69) is 31.0 Å². The smallest absolute Gasteiger partial charge is 0.252 e. The third kappa shape index (κ3) is 5.75. The molecule has 0 spiro atoms. The van der Waals surface area contributed by atoms with Gasteiger partial charge in [0.05, 0.1) is 36.4 Å². The molecule has 2 N–H and O–H groups in total. The van der Waals surface area contributed by atoms with E-state index in [9.17, 15) is 13.2 Å². The van der Waals surface area contributed by atoms with E-state index in [1.807, 2.05) is 13.8 Å². The molecule has 1 aromatic heterocycles. The zero-order valence-corrected chi connectivity index (χ0v) is 19.1. The summed E-state index contributed by atoms with van der Waals surface area (Å²) in [6.07, 6.45) is 1.68. The van der Waals surface area contributed by atoms with Crippen LogP contribution in [0.2, 0.25) is 0 Å². The van der Waals surface area contributed by atoms with Crippen molar-refractivity contribution in [3.8, 4) is 5.75 Å². The number of hydrogen-bond acceptors (Lipinski definition) is 6. The van der Waals surface area contributed by atoms with Crippen LogP contribution in [-0.4, -0.2) is 46.7 Å². The van der Waals surface area contributed by atoms with Crippen molar-refractivity contribution >= 4 is 31.9 Å². The number of hydrogen-bond donors (Lipinski definition) is 2. The first-order chi connectivity index (χ1) is 13.7. The van der Waals surface area contributed by atoms with Crippen LogP contribution < -0.4 is 14.8 Å². The van der Waals surface area contributed by atoms with E-state index in [1.165, 1.54) is 25.3 Å². The van der Waals surface area contributed by atoms with E-state index in [1.54, 1.807) is 13.3 Å². The van der Waals surface area contributed by atoms with Crippen molar-refractivity contribution in [2.75, 3.05) is 27.4 Å². The molecule has 1 heterocycles. The Morgan fingerprint density at radius 3 is 2.62 bits per heavy atom. The summed E-state index contributed by atoms with van der Waals surface area (Å²) in [7, 11) is -0.685. The third-order valence-electron chi connectivity index (χ3n) is 4.26. The van der Waals surface area contributed by atoms with Crippen LogP contribution in [0.1, 0.15) is 27.2 Å². The van der Waals surface area contributed by atoms with Crippen molar-refractivity contribution in [2.24, 2.45) is 0 Å². The van der Waals surface area contributed by atoms with Crippen LogP contribution in [0.5, 0.6) is 5.75 Å². The molecular weight excluding hydrogens is 462 g/mol. The van der Waals surface area contributed by atoms with E-state index in [-0.39, 0.29) is 30.2 Å². The zero-order valence-electron chi connectivity index (χ0n) is 16.7. The number of rotatable bonds is 9. The molecule has 2 rings (SSSR count). The standard InChI is InChI=1S/C19H24BrN3O5S/c1-12-10-21-17(13(2)18(12)28-4)11-22-19(24)15-9-14(5-6-16(15)20)29(25,26)23-7-8-27-3/h5-6,9-10,23H,7-8,11H2,1-4H3,(H,22,24). The fourth-order valence-corrected chi connectivity index (χ4v) is 4.18. The molecule has 0 aliphatic carbocycles. The lowest BCUT2D eigenvalue weighted by Crippen LogP contribution is -2.28. The molecule has 0 unspecified atom stereocenters. The van der Waals surface area contributed by atoms with Crippen molar-refractivity contribution < 1.29 is 22.7 Å². The number of methoxy groups -OCH3 is 2. The second-order valence-corrected chi connectivity index (χ2v) is 8.88. The number of nitrogens with zero attached hydrogens (tertiary/aromatic N) is 1. The number of benzene rings is 1. The van der Waals surface area contributed by atoms with Gasteiger partial charge in [0.15, 0.2) is 0 Å². The minimum atomic E-state index is -3.75. The SMILES string of the molecule is COCCNS(=O)(=O)c1ccc(Br)c(C(=O)NCc2ncc(C)c(OC)c2C)c1. The van der Waals surface area contributed by atoms with Crippen molar-refractivity contribution in [2.45, 2.75) is 25.3 Å². The van der Waals surface area contributed by atoms with Crippen LogP contribution in [-0.2, 0) is 21.3 Å². The highest BCUT2D eigenvalue weighted by atomic mass is 79.9. The van der Waals surface area contributed by atoms with E-state index in [0.717, 1.165) is 16.9 Å². The van der Waals surface area contributed by atoms with Gasteiger partial charge in [0.1, 0.15) is 5.75 Å². The molecule has 0 aliphatic rings. The van der Waals surface area contributed by atoms with Gasteiger partial charge in [0, 0.05) is 35.5 Å². The number of pyridine rings is 1. The van der Waals surface area contributed by atoms with Crippen LogP contribution in [0.25, 0.3) is 0 Å². The monoisotopic (exact) mass is 485 g/mol. The summed E-state index contributed by atoms with van der Waals surface area (Å²) in [5.74, 6) is 0.298. The predicted molar refractivity (Wildman–Crippen MR) is 113 cm³/mol. The van der Waals surface area contributed by atoms with Crippen LogP contribution in [0.15, 0.2) is 33.8 Å². The molecule has 10 heteroatoms. The molecule has 0 aliphatic heterocycles. The van der Waals surface area contributed by atoms with Crippen LogP contribution in [0.4, 0.5) is 0 Å². The predicted octanol–water partition coefficient (Wildman–Crippen LogP) is 2.32. The summed E-state index contributed by atoms with van der Waals surface area (Å²) in [6, 6.07) is 4.27. The van der Waals surface area contributed by atoms with Gasteiger partial charge in [0.2, 0.25) is 10.0 Å². The first-order valence-corrected chi connectivity index (χ1v) is 11.0. The number of sulfonamides is 1. The van der Waals surface area contributed by atoms with Crippen LogP contribution >= 0.6 is 15.9 Å². The number of amides is 1. The molecule has 2 aromatic rings. The lowest BCUT2D eigenvalue weighted by Gasteiger charge is -2.13. The maximum absolute atomic E-state index is 12.7. The number of nitrogens with one attached hydrogen (secondary N) is 2. The molecule has 0 radical (unpaired) electrons. The minimum Gasteiger partial charge on any atom is -0.496 e. The van der Waals surface area contributed by atoms with Crippen LogP contribution in [0, 0.1) is 13.8 Å². The fraction of sp³-hybridized carbons (Fsp3) is 0.368. The Kier molecular flexibility index (Phi) is 8.14. The molecule has 158 valence electrons. The van der Waals surface area contributed by atoms with Crippen LogP contribution in [0.3, 0.4) is 0 Å². The van der Waals surface area contributed by atoms with E-state index < -0.39 is 15.9 Å². The Morgan fingerprint density at radius 1 is 1.24 bits per heavy atom. The number of carbonyl (C=O) groups excluding carboxylic acids is 1. The largest absolute Gasteiger partial charge is 0.496 e. The molecule has 0 saturated carbocycles. The average Bonchev–Trinajstić information content (AvgIpc) is 2.68. The normalized spacial score (nSPS) is 11.3. The fourth-order valence-electron chi connectivity index (χ4n) is 2.72. The van der Waals surface area contributed by atoms with Gasteiger partial charge in [-0.3, -0.25) is 9.78 Å². The van der Waals surface area contributed by atoms with Gasteiger partial charge in [0.25, 0.3) is 5.91 Å². The highest BCUT2D eigenvalue weighted by Gasteiger charge is 2.19. The quantitative estimate of drug-likeness (QED) is 0.527. The zero-order chi connectivity index (χ0) is 21.6. The first-order valence-electron chi connectivity index (χ1n) is 8.76. The highest BCUT2D eigenvalue weighted by molar-refractivity contribution is 9.10. The summed E-state index contributed by atoms with van der Waals surface area (Å²) in [4.78, 5) is 17.0. The topological polar surface area (TPSA) is 107 Å². The second kappa shape index (κ2) is 10.1. The van der Waals surface area contributed by atoms with Gasteiger partial charge in [-0.2, -0.15) is 0 Å². The number of aromatic nitrogens is 1. The number of aryl methyl sites for hydroxylation is 1. The Bertz CT molecular complexity index is 996. The van der Waals surface area contributed by atoms with Gasteiger partial charge in [-0.1, -0.05) is 0 Å². The first kappa shape index (κ1) is 23.3. The van der Waals surface area contributed by atoms with Gasteiger partial charge in [-0.15, -0.1) is 0 Å². The maximum atomic E-state index is 12.7. The Morgan fingerprint density at radius 2 is 1.97 bits per heavy atom. The van der Waals surface area contributed by atoms with Gasteiger partial charge < -0.3 is 14.8 Å². The van der Waals surface area contributed by atoms with Gasteiger partial charge in [-0.05, 0) is 48.0 Å². The number of halogens is 1. The van der Waals surface area contributed by atoms with Crippen molar-refractivity contribution in [3.63, 3.8) is 0 Å². The molecule has 1 amide bonds. The third-order valence-corrected chi connectivity index (χ3v) is 6.41. The molecule has 0 saturated heterocycles. The maximum Gasteiger partial charge on any atom is 0.252 e. The summed E-state index contributed by atoms with van der Waals surface area (Å²) >= 11 is 3.30. The lowest BCUT2D eigenvalue weighted by atomic mass is 10.1. The summed E-state index contributed by atoms with van der Waals surface area (Å²) < 4.78 is 37.9. The van der Waals surface area contributed by atoms with E-state index >= 15 is 0 Å². The summed E-state index contributed by atoms with van der Waals surface area (Å²) in [5.41, 5.74) is 2.62. The Balaban J connectivity index is 2.19. The summed E-state index contributed by atoms with van der Waals surface area (Å²) in [5, 5.41) is 2.78. The van der Waals surface area contributed by atoms with E-state index in [4.69, 9.17) is 9.47 Å². The summed E-state index contributed by atoms with van der Waals surface area (Å²) in [6.45, 7) is 4.32. The molecule has 0 fully saturated rings. The van der Waals surface area contributed by atoms with Crippen molar-refractivity contribution in [1.29, 1.82) is 0 Å². The molecule has 29 heavy (non-hydrogen) atoms. The highest BCUT2D eigenvalue weighted by Crippen LogP contribution is 2.24. The molecule has 1 aromatic carbocycles. The number of carbonyl (C=O) groups is 1. The Hall–Kier alpha value is -2.01. The average molecular weight is 486 g/mol. The van der Waals surface area contributed by atoms with Gasteiger partial charge in [-0.25, -0.2) is 13.1 Å². The Labute approximate surface area is 179 Å².